The number of carbonyl (C=O) groups is 3. The van der Waals surface area contributed by atoms with Crippen LogP contribution in [-0.4, -0.2) is 45.7 Å². The molecule has 0 radical (unpaired) electrons. The molecule has 1 saturated heterocycles. The Balaban J connectivity index is 1.62. The van der Waals surface area contributed by atoms with Gasteiger partial charge < -0.3 is 23.8 Å². The molecule has 158 valence electrons. The van der Waals surface area contributed by atoms with E-state index in [9.17, 15) is 14.4 Å². The second-order valence-corrected chi connectivity index (χ2v) is 6.74. The Kier molecular flexibility index (Phi) is 6.56. The van der Waals surface area contributed by atoms with Crippen LogP contribution in [0.25, 0.3) is 0 Å². The minimum Gasteiger partial charge on any atom is -0.497 e. The van der Waals surface area contributed by atoms with Crippen LogP contribution < -0.4 is 14.4 Å². The molecule has 1 atom stereocenters. The lowest BCUT2D eigenvalue weighted by atomic mass is 10.1. The number of anilines is 1. The molecular formula is C22H23NO7. The Labute approximate surface area is 174 Å². The first-order chi connectivity index (χ1) is 14.5. The number of hydrogen-bond donors (Lipinski definition) is 0. The second-order valence-electron chi connectivity index (χ2n) is 6.74. The van der Waals surface area contributed by atoms with E-state index in [4.69, 9.17) is 14.2 Å². The van der Waals surface area contributed by atoms with Gasteiger partial charge in [0, 0.05) is 19.0 Å². The van der Waals surface area contributed by atoms with Crippen molar-refractivity contribution in [1.82, 2.24) is 0 Å². The van der Waals surface area contributed by atoms with Crippen LogP contribution in [0, 0.1) is 5.92 Å². The van der Waals surface area contributed by atoms with Gasteiger partial charge in [-0.25, -0.2) is 4.79 Å². The first kappa shape index (κ1) is 21.2. The van der Waals surface area contributed by atoms with E-state index in [0.717, 1.165) is 5.56 Å². The normalized spacial score (nSPS) is 15.6. The fraction of sp³-hybridized carbons (Fsp3) is 0.318. The van der Waals surface area contributed by atoms with Crippen molar-refractivity contribution in [2.24, 2.45) is 5.92 Å². The van der Waals surface area contributed by atoms with E-state index in [1.165, 1.54) is 19.1 Å². The van der Waals surface area contributed by atoms with Gasteiger partial charge in [-0.1, -0.05) is 12.1 Å². The van der Waals surface area contributed by atoms with Crippen molar-refractivity contribution in [2.75, 3.05) is 32.8 Å². The molecular weight excluding hydrogens is 390 g/mol. The standard InChI is InChI=1S/C22H23NO7/c1-27-17-8-9-18(19(11-17)28-2)23-12-16(10-20(23)24)22(26)30-13-14-4-6-15(7-5-14)21(25)29-3/h4-9,11,16H,10,12-13H2,1-3H3/t16-/m1/s1. The predicted octanol–water partition coefficient (Wildman–Crippen LogP) is 2.59. The molecule has 1 aliphatic heterocycles. The lowest BCUT2D eigenvalue weighted by Crippen LogP contribution is -2.26. The zero-order valence-electron chi connectivity index (χ0n) is 17.0. The van der Waals surface area contributed by atoms with Gasteiger partial charge in [-0.3, -0.25) is 9.59 Å². The molecule has 0 bridgehead atoms. The summed E-state index contributed by atoms with van der Waals surface area (Å²) in [6.45, 7) is 0.262. The van der Waals surface area contributed by atoms with Crippen LogP contribution in [-0.2, 0) is 25.7 Å². The van der Waals surface area contributed by atoms with E-state index >= 15 is 0 Å². The number of amides is 1. The van der Waals surface area contributed by atoms with Crippen LogP contribution >= 0.6 is 0 Å². The second kappa shape index (κ2) is 9.30. The number of rotatable bonds is 7. The minimum atomic E-state index is -0.571. The van der Waals surface area contributed by atoms with Gasteiger partial charge in [0.15, 0.2) is 0 Å². The Morgan fingerprint density at radius 2 is 1.77 bits per heavy atom. The highest BCUT2D eigenvalue weighted by atomic mass is 16.5. The summed E-state index contributed by atoms with van der Waals surface area (Å²) in [5, 5.41) is 0. The molecule has 1 fully saturated rings. The molecule has 30 heavy (non-hydrogen) atoms. The SMILES string of the molecule is COC(=O)c1ccc(COC(=O)[C@@H]2CC(=O)N(c3ccc(OC)cc3OC)C2)cc1. The maximum Gasteiger partial charge on any atom is 0.337 e. The summed E-state index contributed by atoms with van der Waals surface area (Å²) in [6, 6.07) is 11.7. The smallest absolute Gasteiger partial charge is 0.337 e. The molecule has 0 saturated carbocycles. The highest BCUT2D eigenvalue weighted by Gasteiger charge is 2.37. The predicted molar refractivity (Wildman–Crippen MR) is 108 cm³/mol. The quantitative estimate of drug-likeness (QED) is 0.644. The number of benzene rings is 2. The van der Waals surface area contributed by atoms with E-state index in [-0.39, 0.29) is 25.5 Å². The molecule has 0 spiro atoms. The van der Waals surface area contributed by atoms with Crippen LogP contribution in [0.15, 0.2) is 42.5 Å². The summed E-state index contributed by atoms with van der Waals surface area (Å²) in [5.74, 6) is -0.534. The number of esters is 2. The molecule has 2 aromatic carbocycles. The highest BCUT2D eigenvalue weighted by molar-refractivity contribution is 6.00. The first-order valence-electron chi connectivity index (χ1n) is 9.33. The lowest BCUT2D eigenvalue weighted by Gasteiger charge is -2.20. The van der Waals surface area contributed by atoms with Crippen LogP contribution in [0.2, 0.25) is 0 Å². The van der Waals surface area contributed by atoms with Crippen molar-refractivity contribution in [3.05, 3.63) is 53.6 Å². The Hall–Kier alpha value is -3.55. The van der Waals surface area contributed by atoms with Gasteiger partial charge in [-0.2, -0.15) is 0 Å². The number of nitrogens with zero attached hydrogens (tertiary/aromatic N) is 1. The molecule has 0 unspecified atom stereocenters. The van der Waals surface area contributed by atoms with Gasteiger partial charge in [0.25, 0.3) is 0 Å². The zero-order chi connectivity index (χ0) is 21.7. The number of methoxy groups -OCH3 is 3. The number of carbonyl (C=O) groups excluding carboxylic acids is 3. The maximum absolute atomic E-state index is 12.5. The van der Waals surface area contributed by atoms with Crippen molar-refractivity contribution >= 4 is 23.5 Å². The van der Waals surface area contributed by atoms with Crippen LogP contribution in [0.3, 0.4) is 0 Å². The topological polar surface area (TPSA) is 91.4 Å². The minimum absolute atomic E-state index is 0.0524. The maximum atomic E-state index is 12.5. The van der Waals surface area contributed by atoms with Crippen LogP contribution in [0.5, 0.6) is 11.5 Å². The Morgan fingerprint density at radius 1 is 1.03 bits per heavy atom. The van der Waals surface area contributed by atoms with E-state index in [1.807, 2.05) is 0 Å². The van der Waals surface area contributed by atoms with Gasteiger partial charge in [0.1, 0.15) is 18.1 Å². The Morgan fingerprint density at radius 3 is 2.40 bits per heavy atom. The van der Waals surface area contributed by atoms with Gasteiger partial charge in [0.2, 0.25) is 5.91 Å². The monoisotopic (exact) mass is 413 g/mol. The van der Waals surface area contributed by atoms with E-state index in [0.29, 0.717) is 22.7 Å². The summed E-state index contributed by atoms with van der Waals surface area (Å²) in [5.41, 5.74) is 1.73. The van der Waals surface area contributed by atoms with E-state index < -0.39 is 17.9 Å². The van der Waals surface area contributed by atoms with E-state index in [2.05, 4.69) is 4.74 Å². The third kappa shape index (κ3) is 4.53. The van der Waals surface area contributed by atoms with Gasteiger partial charge in [0.05, 0.1) is 38.5 Å². The summed E-state index contributed by atoms with van der Waals surface area (Å²) in [7, 11) is 4.37. The lowest BCUT2D eigenvalue weighted by molar-refractivity contribution is -0.149. The molecule has 3 rings (SSSR count). The molecule has 0 aromatic heterocycles. The average Bonchev–Trinajstić information content (AvgIpc) is 3.18. The van der Waals surface area contributed by atoms with Crippen molar-refractivity contribution in [2.45, 2.75) is 13.0 Å². The fourth-order valence-electron chi connectivity index (χ4n) is 3.23. The molecule has 0 aliphatic carbocycles. The van der Waals surface area contributed by atoms with Crippen molar-refractivity contribution in [3.63, 3.8) is 0 Å². The molecule has 1 heterocycles. The number of ether oxygens (including phenoxy) is 4. The van der Waals surface area contributed by atoms with Crippen molar-refractivity contribution < 1.29 is 33.3 Å². The number of hydrogen-bond acceptors (Lipinski definition) is 7. The van der Waals surface area contributed by atoms with Gasteiger partial charge >= 0.3 is 11.9 Å². The largest absolute Gasteiger partial charge is 0.497 e. The van der Waals surface area contributed by atoms with Gasteiger partial charge in [-0.05, 0) is 29.8 Å². The van der Waals surface area contributed by atoms with Crippen molar-refractivity contribution in [1.29, 1.82) is 0 Å². The summed E-state index contributed by atoms with van der Waals surface area (Å²) >= 11 is 0. The molecule has 1 amide bonds. The first-order valence-corrected chi connectivity index (χ1v) is 9.33. The summed E-state index contributed by atoms with van der Waals surface area (Å²) < 4.78 is 20.6. The molecule has 8 nitrogen and oxygen atoms in total. The Bertz CT molecular complexity index is 939. The third-order valence-corrected chi connectivity index (χ3v) is 4.89. The van der Waals surface area contributed by atoms with Crippen LogP contribution in [0.4, 0.5) is 5.69 Å². The fourth-order valence-corrected chi connectivity index (χ4v) is 3.23. The summed E-state index contributed by atoms with van der Waals surface area (Å²) in [4.78, 5) is 38.0. The molecule has 8 heteroatoms. The highest BCUT2D eigenvalue weighted by Crippen LogP contribution is 2.36. The molecule has 2 aromatic rings. The average molecular weight is 413 g/mol. The van der Waals surface area contributed by atoms with E-state index in [1.54, 1.807) is 49.6 Å². The van der Waals surface area contributed by atoms with Gasteiger partial charge in [-0.15, -0.1) is 0 Å². The third-order valence-electron chi connectivity index (χ3n) is 4.89. The van der Waals surface area contributed by atoms with Crippen molar-refractivity contribution in [3.8, 4) is 11.5 Å². The van der Waals surface area contributed by atoms with Crippen LogP contribution in [0.1, 0.15) is 22.3 Å². The molecule has 0 N–H and O–H groups in total. The summed E-state index contributed by atoms with van der Waals surface area (Å²) in [6.07, 6.45) is 0.0648. The molecule has 1 aliphatic rings. The zero-order valence-corrected chi connectivity index (χ0v) is 17.0.